The van der Waals surface area contributed by atoms with Crippen LogP contribution in [0, 0.1) is 6.92 Å². The predicted molar refractivity (Wildman–Crippen MR) is 109 cm³/mol. The van der Waals surface area contributed by atoms with Crippen molar-refractivity contribution in [3.05, 3.63) is 59.7 Å². The van der Waals surface area contributed by atoms with Crippen molar-refractivity contribution in [1.82, 2.24) is 9.21 Å². The average molecular weight is 405 g/mol. The molecular formula is C21H28N2O4S. The fraction of sp³-hybridized carbons (Fsp3) is 0.429. The molecule has 1 fully saturated rings. The lowest BCUT2D eigenvalue weighted by Crippen LogP contribution is -2.40. The Bertz CT molecular complexity index is 879. The number of likely N-dealkylation sites (N-methyl/N-ethyl adjacent to an activating group) is 1. The maximum absolute atomic E-state index is 12.8. The van der Waals surface area contributed by atoms with Crippen LogP contribution >= 0.6 is 0 Å². The maximum Gasteiger partial charge on any atom is 0.243 e. The minimum absolute atomic E-state index is 0.344. The van der Waals surface area contributed by atoms with Crippen LogP contribution in [0.1, 0.15) is 11.1 Å². The van der Waals surface area contributed by atoms with Crippen molar-refractivity contribution in [3.63, 3.8) is 0 Å². The number of para-hydroxylation sites is 1. The van der Waals surface area contributed by atoms with Gasteiger partial charge >= 0.3 is 0 Å². The molecule has 0 spiro atoms. The molecule has 152 valence electrons. The third-order valence-electron chi connectivity index (χ3n) is 4.78. The van der Waals surface area contributed by atoms with Crippen LogP contribution in [0.2, 0.25) is 0 Å². The SMILES string of the molecule is Cc1ccccc1OCCN(C)Cc1cccc(S(=O)(=O)N2CCOCC2)c1. The van der Waals surface area contributed by atoms with Crippen molar-refractivity contribution in [2.45, 2.75) is 18.4 Å². The van der Waals surface area contributed by atoms with Crippen molar-refractivity contribution in [2.75, 3.05) is 46.5 Å². The fourth-order valence-electron chi connectivity index (χ4n) is 3.16. The van der Waals surface area contributed by atoms with Crippen LogP contribution in [-0.2, 0) is 21.3 Å². The highest BCUT2D eigenvalue weighted by Gasteiger charge is 2.26. The van der Waals surface area contributed by atoms with Gasteiger partial charge in [0.1, 0.15) is 12.4 Å². The summed E-state index contributed by atoms with van der Waals surface area (Å²) < 4.78 is 38.2. The van der Waals surface area contributed by atoms with Crippen molar-refractivity contribution in [1.29, 1.82) is 0 Å². The van der Waals surface area contributed by atoms with Gasteiger partial charge in [0.2, 0.25) is 10.0 Å². The van der Waals surface area contributed by atoms with E-state index in [-0.39, 0.29) is 0 Å². The summed E-state index contributed by atoms with van der Waals surface area (Å²) in [5, 5.41) is 0. The Hall–Kier alpha value is -1.93. The topological polar surface area (TPSA) is 59.1 Å². The molecule has 1 aliphatic heterocycles. The first-order valence-corrected chi connectivity index (χ1v) is 10.9. The number of morpholine rings is 1. The van der Waals surface area contributed by atoms with Crippen molar-refractivity contribution in [2.24, 2.45) is 0 Å². The van der Waals surface area contributed by atoms with Crippen molar-refractivity contribution < 1.29 is 17.9 Å². The minimum Gasteiger partial charge on any atom is -0.492 e. The summed E-state index contributed by atoms with van der Waals surface area (Å²) in [6.07, 6.45) is 0. The third kappa shape index (κ3) is 5.32. The number of hydrogen-bond donors (Lipinski definition) is 0. The number of rotatable bonds is 8. The van der Waals surface area contributed by atoms with Gasteiger partial charge < -0.3 is 9.47 Å². The molecule has 1 saturated heterocycles. The van der Waals surface area contributed by atoms with Gasteiger partial charge in [0.15, 0.2) is 0 Å². The van der Waals surface area contributed by atoms with E-state index in [0.29, 0.717) is 44.4 Å². The number of nitrogens with zero attached hydrogens (tertiary/aromatic N) is 2. The number of ether oxygens (including phenoxy) is 2. The lowest BCUT2D eigenvalue weighted by Gasteiger charge is -2.26. The van der Waals surface area contributed by atoms with E-state index in [0.717, 1.165) is 23.4 Å². The normalized spacial score (nSPS) is 15.7. The van der Waals surface area contributed by atoms with Gasteiger partial charge in [-0.2, -0.15) is 4.31 Å². The van der Waals surface area contributed by atoms with Gasteiger partial charge in [-0.15, -0.1) is 0 Å². The Morgan fingerprint density at radius 1 is 1.11 bits per heavy atom. The number of sulfonamides is 1. The van der Waals surface area contributed by atoms with Gasteiger partial charge in [0.25, 0.3) is 0 Å². The van der Waals surface area contributed by atoms with E-state index >= 15 is 0 Å². The highest BCUT2D eigenvalue weighted by Crippen LogP contribution is 2.19. The van der Waals surface area contributed by atoms with Gasteiger partial charge in [-0.3, -0.25) is 4.90 Å². The largest absolute Gasteiger partial charge is 0.492 e. The summed E-state index contributed by atoms with van der Waals surface area (Å²) in [7, 11) is -1.46. The number of aryl methyl sites for hydroxylation is 1. The Balaban J connectivity index is 1.57. The molecular weight excluding hydrogens is 376 g/mol. The molecule has 0 aromatic heterocycles. The van der Waals surface area contributed by atoms with Crippen molar-refractivity contribution in [3.8, 4) is 5.75 Å². The molecule has 6 nitrogen and oxygen atoms in total. The van der Waals surface area contributed by atoms with E-state index in [1.54, 1.807) is 18.2 Å². The van der Waals surface area contributed by atoms with E-state index < -0.39 is 10.0 Å². The lowest BCUT2D eigenvalue weighted by molar-refractivity contribution is 0.0730. The highest BCUT2D eigenvalue weighted by atomic mass is 32.2. The zero-order valence-corrected chi connectivity index (χ0v) is 17.3. The number of hydrogen-bond acceptors (Lipinski definition) is 5. The molecule has 0 bridgehead atoms. The second-order valence-electron chi connectivity index (χ2n) is 7.02. The average Bonchev–Trinajstić information content (AvgIpc) is 2.70. The molecule has 0 radical (unpaired) electrons. The maximum atomic E-state index is 12.8. The first kappa shape index (κ1) is 20.8. The van der Waals surface area contributed by atoms with Gasteiger partial charge in [0, 0.05) is 26.2 Å². The highest BCUT2D eigenvalue weighted by molar-refractivity contribution is 7.89. The predicted octanol–water partition coefficient (Wildman–Crippen LogP) is 2.53. The molecule has 0 unspecified atom stereocenters. The fourth-order valence-corrected chi connectivity index (χ4v) is 4.64. The molecule has 28 heavy (non-hydrogen) atoms. The van der Waals surface area contributed by atoms with E-state index in [9.17, 15) is 8.42 Å². The minimum atomic E-state index is -3.47. The summed E-state index contributed by atoms with van der Waals surface area (Å²) >= 11 is 0. The zero-order chi connectivity index (χ0) is 20.0. The molecule has 0 N–H and O–H groups in total. The lowest BCUT2D eigenvalue weighted by atomic mass is 10.2. The van der Waals surface area contributed by atoms with Gasteiger partial charge in [-0.25, -0.2) is 8.42 Å². The Morgan fingerprint density at radius 2 is 1.86 bits per heavy atom. The molecule has 2 aromatic rings. The van der Waals surface area contributed by atoms with Crippen LogP contribution in [0.25, 0.3) is 0 Å². The van der Waals surface area contributed by atoms with Crippen LogP contribution < -0.4 is 4.74 Å². The molecule has 0 atom stereocenters. The quantitative estimate of drug-likeness (QED) is 0.677. The van der Waals surface area contributed by atoms with Gasteiger partial charge in [-0.1, -0.05) is 30.3 Å². The van der Waals surface area contributed by atoms with Crippen LogP contribution in [0.4, 0.5) is 0 Å². The molecule has 1 heterocycles. The van der Waals surface area contributed by atoms with E-state index in [1.807, 2.05) is 44.3 Å². The summed E-state index contributed by atoms with van der Waals surface area (Å²) in [4.78, 5) is 2.47. The van der Waals surface area contributed by atoms with Crippen LogP contribution in [-0.4, -0.2) is 64.1 Å². The van der Waals surface area contributed by atoms with E-state index in [4.69, 9.17) is 9.47 Å². The van der Waals surface area contributed by atoms with Crippen LogP contribution in [0.3, 0.4) is 0 Å². The van der Waals surface area contributed by atoms with E-state index in [1.165, 1.54) is 4.31 Å². The second-order valence-corrected chi connectivity index (χ2v) is 8.95. The van der Waals surface area contributed by atoms with E-state index in [2.05, 4.69) is 4.90 Å². The van der Waals surface area contributed by atoms with Gasteiger partial charge in [0.05, 0.1) is 18.1 Å². The molecule has 0 saturated carbocycles. The summed E-state index contributed by atoms with van der Waals surface area (Å²) in [5.74, 6) is 0.898. The molecule has 0 amide bonds. The Labute approximate surface area is 167 Å². The molecule has 0 aliphatic carbocycles. The van der Waals surface area contributed by atoms with Crippen LogP contribution in [0.5, 0.6) is 5.75 Å². The monoisotopic (exact) mass is 404 g/mol. The Morgan fingerprint density at radius 3 is 2.61 bits per heavy atom. The van der Waals surface area contributed by atoms with Crippen LogP contribution in [0.15, 0.2) is 53.4 Å². The number of benzene rings is 2. The smallest absolute Gasteiger partial charge is 0.243 e. The summed E-state index contributed by atoms with van der Waals surface area (Å²) in [6, 6.07) is 15.1. The van der Waals surface area contributed by atoms with Crippen molar-refractivity contribution >= 4 is 10.0 Å². The third-order valence-corrected chi connectivity index (χ3v) is 6.68. The molecule has 7 heteroatoms. The zero-order valence-electron chi connectivity index (χ0n) is 16.5. The summed E-state index contributed by atoms with van der Waals surface area (Å²) in [6.45, 7) is 5.71. The first-order valence-electron chi connectivity index (χ1n) is 9.50. The Kier molecular flexibility index (Phi) is 7.07. The molecule has 3 rings (SSSR count). The second kappa shape index (κ2) is 9.52. The van der Waals surface area contributed by atoms with Gasteiger partial charge in [-0.05, 0) is 43.3 Å². The summed E-state index contributed by atoms with van der Waals surface area (Å²) in [5.41, 5.74) is 2.08. The molecule has 1 aliphatic rings. The first-order chi connectivity index (χ1) is 13.5. The standard InChI is InChI=1S/C21H28N2O4S/c1-18-6-3-4-9-21(18)27-15-10-22(2)17-19-7-5-8-20(16-19)28(24,25)23-11-13-26-14-12-23/h3-9,16H,10-15,17H2,1-2H3. The molecule has 2 aromatic carbocycles.